The molecule has 0 unspecified atom stereocenters. The molecule has 1 aromatic carbocycles. The highest BCUT2D eigenvalue weighted by Crippen LogP contribution is 2.10. The number of aliphatic imine (C=N–C) groups is 1. The second-order valence-corrected chi connectivity index (χ2v) is 5.78. The molecule has 0 spiro atoms. The molecule has 0 atom stereocenters. The van der Waals surface area contributed by atoms with Gasteiger partial charge >= 0.3 is 0 Å². The van der Waals surface area contributed by atoms with Crippen LogP contribution in [0.4, 0.5) is 0 Å². The summed E-state index contributed by atoms with van der Waals surface area (Å²) < 4.78 is 2.15. The third-order valence-electron chi connectivity index (χ3n) is 3.60. The minimum absolute atomic E-state index is 0.771. The van der Waals surface area contributed by atoms with Gasteiger partial charge in [-0.25, -0.2) is 0 Å². The van der Waals surface area contributed by atoms with Gasteiger partial charge in [0.2, 0.25) is 0 Å². The molecule has 2 N–H and O–H groups in total. The van der Waals surface area contributed by atoms with Gasteiger partial charge in [0.05, 0.1) is 0 Å². The van der Waals surface area contributed by atoms with Crippen LogP contribution in [-0.2, 0) is 19.6 Å². The first-order valence-electron chi connectivity index (χ1n) is 7.96. The predicted molar refractivity (Wildman–Crippen MR) is 96.5 cm³/mol. The van der Waals surface area contributed by atoms with Crippen molar-refractivity contribution < 1.29 is 0 Å². The van der Waals surface area contributed by atoms with E-state index in [1.54, 1.807) is 7.05 Å². The maximum absolute atomic E-state index is 4.29. The third-order valence-corrected chi connectivity index (χ3v) is 3.60. The van der Waals surface area contributed by atoms with E-state index in [-0.39, 0.29) is 0 Å². The Bertz CT molecular complexity index is 602. The molecule has 0 aliphatic carbocycles. The van der Waals surface area contributed by atoms with Crippen molar-refractivity contribution in [3.05, 3.63) is 59.9 Å². The maximum Gasteiger partial charge on any atom is 0.191 e. The van der Waals surface area contributed by atoms with Crippen LogP contribution < -0.4 is 10.6 Å². The topological polar surface area (TPSA) is 44.6 Å². The van der Waals surface area contributed by atoms with Gasteiger partial charge in [0, 0.05) is 45.6 Å². The third kappa shape index (κ3) is 5.79. The second-order valence-electron chi connectivity index (χ2n) is 5.78. The van der Waals surface area contributed by atoms with Gasteiger partial charge in [-0.15, -0.1) is 0 Å². The summed E-state index contributed by atoms with van der Waals surface area (Å²) in [5.41, 5.74) is 2.64. The van der Waals surface area contributed by atoms with Crippen molar-refractivity contribution in [2.75, 3.05) is 27.7 Å². The minimum atomic E-state index is 0.771. The van der Waals surface area contributed by atoms with Gasteiger partial charge in [-0.3, -0.25) is 4.99 Å². The number of guanidine groups is 1. The number of nitrogens with one attached hydrogen (secondary N) is 2. The fraction of sp³-hybridized carbons (Fsp3) is 0.389. The number of aromatic nitrogens is 1. The van der Waals surface area contributed by atoms with Gasteiger partial charge in [0.15, 0.2) is 5.96 Å². The van der Waals surface area contributed by atoms with E-state index in [0.29, 0.717) is 0 Å². The van der Waals surface area contributed by atoms with Crippen molar-refractivity contribution in [1.82, 2.24) is 20.1 Å². The van der Waals surface area contributed by atoms with Crippen LogP contribution in [0, 0.1) is 0 Å². The molecule has 0 bridgehead atoms. The van der Waals surface area contributed by atoms with E-state index in [0.717, 1.165) is 32.1 Å². The summed E-state index contributed by atoms with van der Waals surface area (Å²) in [6.45, 7) is 3.48. The molecule has 5 heteroatoms. The lowest BCUT2D eigenvalue weighted by Crippen LogP contribution is -2.38. The van der Waals surface area contributed by atoms with Gasteiger partial charge in [0.1, 0.15) is 0 Å². The molecule has 2 rings (SSSR count). The fourth-order valence-corrected chi connectivity index (χ4v) is 2.45. The zero-order valence-corrected chi connectivity index (χ0v) is 14.3. The molecule has 0 fully saturated rings. The molecule has 0 saturated carbocycles. The molecule has 23 heavy (non-hydrogen) atoms. The molecule has 0 amide bonds. The summed E-state index contributed by atoms with van der Waals surface area (Å²) in [7, 11) is 5.98. The van der Waals surface area contributed by atoms with E-state index in [1.807, 2.05) is 12.1 Å². The van der Waals surface area contributed by atoms with E-state index in [9.17, 15) is 0 Å². The van der Waals surface area contributed by atoms with Crippen LogP contribution in [0.2, 0.25) is 0 Å². The normalized spacial score (nSPS) is 11.7. The fourth-order valence-electron chi connectivity index (χ4n) is 2.45. The van der Waals surface area contributed by atoms with Crippen LogP contribution in [0.25, 0.3) is 0 Å². The summed E-state index contributed by atoms with van der Waals surface area (Å²) in [6.07, 6.45) is 4.13. The number of hydrogen-bond acceptors (Lipinski definition) is 2. The molecule has 124 valence electrons. The largest absolute Gasteiger partial charge is 0.355 e. The molecule has 0 aliphatic heterocycles. The monoisotopic (exact) mass is 313 g/mol. The van der Waals surface area contributed by atoms with E-state index in [4.69, 9.17) is 0 Å². The highest BCUT2D eigenvalue weighted by atomic mass is 15.2. The first kappa shape index (κ1) is 17.1. The van der Waals surface area contributed by atoms with Crippen molar-refractivity contribution >= 4 is 5.96 Å². The van der Waals surface area contributed by atoms with Crippen LogP contribution in [0.3, 0.4) is 0 Å². The van der Waals surface area contributed by atoms with E-state index >= 15 is 0 Å². The summed E-state index contributed by atoms with van der Waals surface area (Å²) in [5, 5.41) is 6.74. The maximum atomic E-state index is 4.29. The summed E-state index contributed by atoms with van der Waals surface area (Å²) >= 11 is 0. The van der Waals surface area contributed by atoms with E-state index in [1.165, 1.54) is 11.1 Å². The molecule has 1 aromatic heterocycles. The zero-order chi connectivity index (χ0) is 16.5. The molecule has 2 aromatic rings. The van der Waals surface area contributed by atoms with Crippen molar-refractivity contribution in [2.24, 2.45) is 4.99 Å². The van der Waals surface area contributed by atoms with Crippen LogP contribution in [0.15, 0.2) is 53.8 Å². The lowest BCUT2D eigenvalue weighted by Gasteiger charge is -2.16. The van der Waals surface area contributed by atoms with Gasteiger partial charge in [-0.2, -0.15) is 0 Å². The molecule has 5 nitrogen and oxygen atoms in total. The average Bonchev–Trinajstić information content (AvgIpc) is 3.05. The molecule has 0 saturated heterocycles. The Morgan fingerprint density at radius 3 is 2.39 bits per heavy atom. The standard InChI is InChI=1S/C18H27N5/c1-19-18(20-10-13-23-11-6-7-12-23)21-14-16-8-4-5-9-17(16)15-22(2)3/h4-9,11-12H,10,13-15H2,1-3H3,(H2,19,20,21). The van der Waals surface area contributed by atoms with Gasteiger partial charge in [-0.05, 0) is 37.4 Å². The number of benzene rings is 1. The minimum Gasteiger partial charge on any atom is -0.355 e. The Morgan fingerprint density at radius 2 is 1.74 bits per heavy atom. The Hall–Kier alpha value is -2.27. The van der Waals surface area contributed by atoms with Crippen LogP contribution in [0.1, 0.15) is 11.1 Å². The van der Waals surface area contributed by atoms with Crippen LogP contribution in [0.5, 0.6) is 0 Å². The van der Waals surface area contributed by atoms with Crippen molar-refractivity contribution in [1.29, 1.82) is 0 Å². The molecular weight excluding hydrogens is 286 g/mol. The lowest BCUT2D eigenvalue weighted by atomic mass is 10.1. The SMILES string of the molecule is CN=C(NCCn1cccc1)NCc1ccccc1CN(C)C. The van der Waals surface area contributed by atoms with Crippen molar-refractivity contribution in [3.63, 3.8) is 0 Å². The predicted octanol–water partition coefficient (Wildman–Crippen LogP) is 1.91. The van der Waals surface area contributed by atoms with Crippen molar-refractivity contribution in [2.45, 2.75) is 19.6 Å². The van der Waals surface area contributed by atoms with Gasteiger partial charge in [0.25, 0.3) is 0 Å². The molecular formula is C18H27N5. The van der Waals surface area contributed by atoms with Gasteiger partial charge < -0.3 is 20.1 Å². The number of nitrogens with zero attached hydrogens (tertiary/aromatic N) is 3. The molecule has 0 aliphatic rings. The highest BCUT2D eigenvalue weighted by Gasteiger charge is 2.04. The number of hydrogen-bond donors (Lipinski definition) is 2. The Balaban J connectivity index is 1.83. The Kier molecular flexibility index (Phi) is 6.69. The second kappa shape index (κ2) is 9.00. The van der Waals surface area contributed by atoms with Crippen LogP contribution in [-0.4, -0.2) is 43.1 Å². The summed E-state index contributed by atoms with van der Waals surface area (Å²) in [5.74, 6) is 0.830. The van der Waals surface area contributed by atoms with Gasteiger partial charge in [-0.1, -0.05) is 24.3 Å². The Labute approximate surface area is 139 Å². The molecule has 0 radical (unpaired) electrons. The van der Waals surface area contributed by atoms with E-state index in [2.05, 4.69) is 75.8 Å². The summed E-state index contributed by atoms with van der Waals surface area (Å²) in [4.78, 5) is 6.47. The first-order chi connectivity index (χ1) is 11.2. The van der Waals surface area contributed by atoms with Crippen molar-refractivity contribution in [3.8, 4) is 0 Å². The van der Waals surface area contributed by atoms with Crippen LogP contribution >= 0.6 is 0 Å². The molecule has 1 heterocycles. The zero-order valence-electron chi connectivity index (χ0n) is 14.3. The summed E-state index contributed by atoms with van der Waals surface area (Å²) in [6, 6.07) is 12.6. The first-order valence-corrected chi connectivity index (χ1v) is 7.96. The average molecular weight is 313 g/mol. The number of rotatable bonds is 7. The Morgan fingerprint density at radius 1 is 1.04 bits per heavy atom. The highest BCUT2D eigenvalue weighted by molar-refractivity contribution is 5.79. The van der Waals surface area contributed by atoms with E-state index < -0.39 is 0 Å². The smallest absolute Gasteiger partial charge is 0.191 e. The lowest BCUT2D eigenvalue weighted by molar-refractivity contribution is 0.400. The quantitative estimate of drug-likeness (QED) is 0.606.